The van der Waals surface area contributed by atoms with E-state index in [-0.39, 0.29) is 35.5 Å². The van der Waals surface area contributed by atoms with Crippen LogP contribution in [-0.4, -0.2) is 50.4 Å². The fourth-order valence-corrected chi connectivity index (χ4v) is 5.42. The lowest BCUT2D eigenvalue weighted by molar-refractivity contribution is -0.148. The molecule has 2 aliphatic rings. The van der Waals surface area contributed by atoms with E-state index in [2.05, 4.69) is 9.97 Å². The third kappa shape index (κ3) is 4.68. The van der Waals surface area contributed by atoms with E-state index in [1.165, 1.54) is 29.7 Å². The number of ketones is 1. The number of benzene rings is 2. The highest BCUT2D eigenvalue weighted by Crippen LogP contribution is 2.49. The molecule has 11 heteroatoms. The summed E-state index contributed by atoms with van der Waals surface area (Å²) in [6.45, 7) is 0.650. The first-order valence-corrected chi connectivity index (χ1v) is 13.2. The molecule has 2 aromatic carbocycles. The molecule has 1 saturated heterocycles. The minimum atomic E-state index is -1.72. The minimum absolute atomic E-state index is 0.00760. The van der Waals surface area contributed by atoms with E-state index in [1.807, 2.05) is 6.07 Å². The molecule has 0 aliphatic carbocycles. The van der Waals surface area contributed by atoms with Gasteiger partial charge in [0.05, 0.1) is 48.0 Å². The number of imidazole rings is 1. The predicted molar refractivity (Wildman–Crippen MR) is 144 cm³/mol. The van der Waals surface area contributed by atoms with Crippen LogP contribution in [-0.2, 0) is 28.8 Å². The Hall–Kier alpha value is -4.43. The van der Waals surface area contributed by atoms with Gasteiger partial charge in [0.1, 0.15) is 17.6 Å². The van der Waals surface area contributed by atoms with Gasteiger partial charge < -0.3 is 14.0 Å². The predicted octanol–water partition coefficient (Wildman–Crippen LogP) is 4.37. The van der Waals surface area contributed by atoms with Gasteiger partial charge >= 0.3 is 0 Å². The number of ether oxygens (including phenoxy) is 2. The van der Waals surface area contributed by atoms with Crippen molar-refractivity contribution in [3.8, 4) is 6.07 Å². The average molecular weight is 572 g/mol. The van der Waals surface area contributed by atoms with Crippen molar-refractivity contribution < 1.29 is 23.5 Å². The molecule has 2 aliphatic heterocycles. The monoisotopic (exact) mass is 571 g/mol. The summed E-state index contributed by atoms with van der Waals surface area (Å²) in [6, 6.07) is 14.4. The normalized spacial score (nSPS) is 19.8. The molecule has 1 fully saturated rings. The summed E-state index contributed by atoms with van der Waals surface area (Å²) in [5, 5.41) is 9.65. The number of carbonyl (C=O) groups excluding carboxylic acids is 2. The van der Waals surface area contributed by atoms with E-state index in [1.54, 1.807) is 48.0 Å². The third-order valence-corrected chi connectivity index (χ3v) is 7.47. The first-order valence-electron chi connectivity index (χ1n) is 12.9. The number of nitriles is 1. The van der Waals surface area contributed by atoms with E-state index in [0.29, 0.717) is 34.9 Å². The summed E-state index contributed by atoms with van der Waals surface area (Å²) in [6.07, 6.45) is 4.49. The Kier molecular flexibility index (Phi) is 6.87. The summed E-state index contributed by atoms with van der Waals surface area (Å²) in [5.74, 6) is -1.84. The summed E-state index contributed by atoms with van der Waals surface area (Å²) < 4.78 is 30.3. The van der Waals surface area contributed by atoms with Crippen LogP contribution < -0.4 is 0 Å². The molecular formula is C30H23ClFN5O4. The molecule has 4 heterocycles. The van der Waals surface area contributed by atoms with Crippen LogP contribution in [0.3, 0.4) is 0 Å². The maximum Gasteiger partial charge on any atom is 0.257 e. The Labute approximate surface area is 239 Å². The van der Waals surface area contributed by atoms with E-state index < -0.39 is 29.3 Å². The number of aryl methyl sites for hydroxylation is 1. The summed E-state index contributed by atoms with van der Waals surface area (Å²) >= 11 is 6.21. The highest BCUT2D eigenvalue weighted by molar-refractivity contribution is 6.30. The summed E-state index contributed by atoms with van der Waals surface area (Å²) in [4.78, 5) is 37.3. The molecule has 0 N–H and O–H groups in total. The van der Waals surface area contributed by atoms with Gasteiger partial charge in [-0.1, -0.05) is 23.7 Å². The van der Waals surface area contributed by atoms with Crippen LogP contribution >= 0.6 is 11.6 Å². The molecule has 9 nitrogen and oxygen atoms in total. The second-order valence-electron chi connectivity index (χ2n) is 9.93. The number of hydrogen-bond donors (Lipinski definition) is 0. The van der Waals surface area contributed by atoms with E-state index >= 15 is 4.39 Å². The zero-order valence-corrected chi connectivity index (χ0v) is 22.6. The van der Waals surface area contributed by atoms with Gasteiger partial charge in [0.15, 0.2) is 0 Å². The maximum absolute atomic E-state index is 16.4. The Balaban J connectivity index is 1.55. The number of carbonyl (C=O) groups is 2. The lowest BCUT2D eigenvalue weighted by Gasteiger charge is -2.41. The van der Waals surface area contributed by atoms with Gasteiger partial charge in [0, 0.05) is 42.2 Å². The number of aromatic nitrogens is 3. The molecule has 206 valence electrons. The van der Waals surface area contributed by atoms with Gasteiger partial charge in [-0.2, -0.15) is 5.26 Å². The molecule has 41 heavy (non-hydrogen) atoms. The zero-order chi connectivity index (χ0) is 28.7. The first kappa shape index (κ1) is 26.8. The first-order chi connectivity index (χ1) is 19.8. The highest BCUT2D eigenvalue weighted by Gasteiger charge is 2.55. The third-order valence-electron chi connectivity index (χ3n) is 7.22. The van der Waals surface area contributed by atoms with Gasteiger partial charge in [-0.3, -0.25) is 19.5 Å². The standard InChI is InChI=1S/C30H23ClFN5O4/c1-36-15-26(35-17-36)28(38)19-10-24-27(25(32)11-19)30(41-23-8-9-40-16-23,20-3-5-21(31)6-4-20)37(29(24)39)14-22-7-2-18(12-33)13-34-22/h2-7,10-11,13,15,17,23H,8-9,14,16H2,1H3/t23-,30-/m1/s1. The lowest BCUT2D eigenvalue weighted by Crippen LogP contribution is -2.49. The Morgan fingerprint density at radius 3 is 2.68 bits per heavy atom. The smallest absolute Gasteiger partial charge is 0.257 e. The second-order valence-corrected chi connectivity index (χ2v) is 10.4. The molecule has 0 spiro atoms. The van der Waals surface area contributed by atoms with Gasteiger partial charge in [-0.05, 0) is 42.8 Å². The van der Waals surface area contributed by atoms with Crippen molar-refractivity contribution in [3.05, 3.63) is 117 Å². The zero-order valence-electron chi connectivity index (χ0n) is 21.9. The largest absolute Gasteiger partial charge is 0.379 e. The minimum Gasteiger partial charge on any atom is -0.379 e. The van der Waals surface area contributed by atoms with Crippen molar-refractivity contribution in [1.82, 2.24) is 19.4 Å². The van der Waals surface area contributed by atoms with E-state index in [0.717, 1.165) is 6.07 Å². The number of amides is 1. The Bertz CT molecular complexity index is 1690. The summed E-state index contributed by atoms with van der Waals surface area (Å²) in [7, 11) is 1.72. The topological polar surface area (TPSA) is 110 Å². The van der Waals surface area contributed by atoms with Gasteiger partial charge in [-0.15, -0.1) is 0 Å². The molecule has 0 bridgehead atoms. The quantitative estimate of drug-likeness (QED) is 0.303. The summed E-state index contributed by atoms with van der Waals surface area (Å²) in [5.41, 5.74) is -0.342. The number of nitrogens with zero attached hydrogens (tertiary/aromatic N) is 5. The molecule has 6 rings (SSSR count). The molecule has 0 radical (unpaired) electrons. The van der Waals surface area contributed by atoms with Crippen LogP contribution in [0.5, 0.6) is 0 Å². The number of rotatable bonds is 7. The fourth-order valence-electron chi connectivity index (χ4n) is 5.30. The number of halogens is 2. The van der Waals surface area contributed by atoms with Crippen LogP contribution in [0, 0.1) is 17.1 Å². The van der Waals surface area contributed by atoms with Crippen LogP contribution in [0.2, 0.25) is 5.02 Å². The number of hydrogen-bond acceptors (Lipinski definition) is 7. The van der Waals surface area contributed by atoms with Gasteiger partial charge in [0.2, 0.25) is 11.5 Å². The SMILES string of the molecule is Cn1cnc(C(=O)c2cc(F)c3c(c2)C(=O)N(Cc2ccc(C#N)cn2)[C@@]3(O[C@@H]2CCOC2)c2ccc(Cl)cc2)c1. The lowest BCUT2D eigenvalue weighted by atomic mass is 9.90. The number of pyridine rings is 1. The molecule has 0 saturated carbocycles. The van der Waals surface area contributed by atoms with Gasteiger partial charge in [0.25, 0.3) is 5.91 Å². The molecule has 1 amide bonds. The Morgan fingerprint density at radius 1 is 1.24 bits per heavy atom. The van der Waals surface area contributed by atoms with Crippen molar-refractivity contribution in [2.75, 3.05) is 13.2 Å². The van der Waals surface area contributed by atoms with Crippen LogP contribution in [0.1, 0.15) is 55.2 Å². The molecular weight excluding hydrogens is 549 g/mol. The number of fused-ring (bicyclic) bond motifs is 1. The van der Waals surface area contributed by atoms with E-state index in [9.17, 15) is 14.9 Å². The molecule has 2 aromatic heterocycles. The van der Waals surface area contributed by atoms with Crippen LogP contribution in [0.15, 0.2) is 67.3 Å². The van der Waals surface area contributed by atoms with Crippen LogP contribution in [0.25, 0.3) is 0 Å². The second kappa shape index (κ2) is 10.5. The highest BCUT2D eigenvalue weighted by atomic mass is 35.5. The van der Waals surface area contributed by atoms with Crippen molar-refractivity contribution in [3.63, 3.8) is 0 Å². The maximum atomic E-state index is 16.4. The van der Waals surface area contributed by atoms with Crippen LogP contribution in [0.4, 0.5) is 4.39 Å². The van der Waals surface area contributed by atoms with Crippen molar-refractivity contribution >= 4 is 23.3 Å². The average Bonchev–Trinajstić information content (AvgIpc) is 3.70. The van der Waals surface area contributed by atoms with Gasteiger partial charge in [-0.25, -0.2) is 9.37 Å². The molecule has 2 atom stereocenters. The molecule has 0 unspecified atom stereocenters. The Morgan fingerprint density at radius 2 is 2.05 bits per heavy atom. The van der Waals surface area contributed by atoms with E-state index in [4.69, 9.17) is 21.1 Å². The van der Waals surface area contributed by atoms with Crippen molar-refractivity contribution in [2.24, 2.45) is 7.05 Å². The van der Waals surface area contributed by atoms with Crippen molar-refractivity contribution in [1.29, 1.82) is 5.26 Å². The fraction of sp³-hybridized carbons (Fsp3) is 0.233. The van der Waals surface area contributed by atoms with Crippen molar-refractivity contribution in [2.45, 2.75) is 24.8 Å². The molecule has 4 aromatic rings.